The van der Waals surface area contributed by atoms with Crippen LogP contribution in [0.1, 0.15) is 38.0 Å². The fourth-order valence-electron chi connectivity index (χ4n) is 4.81. The molecule has 3 amide bonds. The van der Waals surface area contributed by atoms with Gasteiger partial charge in [-0.1, -0.05) is 30.3 Å². The Hall–Kier alpha value is -4.53. The molecule has 3 aromatic rings. The molecule has 1 atom stereocenters. The second-order valence-electron chi connectivity index (χ2n) is 8.53. The van der Waals surface area contributed by atoms with Crippen LogP contribution in [0.3, 0.4) is 0 Å². The molecular weight excluding hydrogens is 462 g/mol. The number of hydrogen-bond acceptors (Lipinski definition) is 6. The number of para-hydroxylation sites is 1. The largest absolute Gasteiger partial charge is 0.508 e. The first kappa shape index (κ1) is 23.2. The summed E-state index contributed by atoms with van der Waals surface area (Å²) in [5.41, 5.74) is 2.66. The average Bonchev–Trinajstić information content (AvgIpc) is 3.19. The van der Waals surface area contributed by atoms with E-state index in [4.69, 9.17) is 9.47 Å². The molecule has 0 radical (unpaired) electrons. The standard InChI is InChI=1S/C27H25N3O6/c1-35-21-12-11-19-23(24(21)36-2)27(34)30-20-6-4-3-5-18(20)26(33)29(25(19)30)15-22(32)28-14-13-16-7-9-17(31)10-8-16/h3-12,25,31H,13-15H2,1-2H3,(H,28,32)/t25-/m0/s1. The Labute approximate surface area is 207 Å². The summed E-state index contributed by atoms with van der Waals surface area (Å²) in [4.78, 5) is 43.1. The van der Waals surface area contributed by atoms with E-state index < -0.39 is 6.17 Å². The van der Waals surface area contributed by atoms with E-state index in [1.807, 2.05) is 0 Å². The molecule has 9 nitrogen and oxygen atoms in total. The van der Waals surface area contributed by atoms with Crippen molar-refractivity contribution in [1.29, 1.82) is 0 Å². The lowest BCUT2D eigenvalue weighted by atomic mass is 10.0. The Bertz CT molecular complexity index is 1350. The summed E-state index contributed by atoms with van der Waals surface area (Å²) in [5.74, 6) is -0.140. The molecule has 2 N–H and O–H groups in total. The molecule has 184 valence electrons. The average molecular weight is 488 g/mol. The summed E-state index contributed by atoms with van der Waals surface area (Å²) in [5, 5.41) is 12.3. The maximum absolute atomic E-state index is 13.7. The Kier molecular flexibility index (Phi) is 5.97. The Balaban J connectivity index is 1.45. The quantitative estimate of drug-likeness (QED) is 0.531. The van der Waals surface area contributed by atoms with Crippen LogP contribution >= 0.6 is 0 Å². The fourth-order valence-corrected chi connectivity index (χ4v) is 4.81. The Morgan fingerprint density at radius 3 is 2.44 bits per heavy atom. The highest BCUT2D eigenvalue weighted by Gasteiger charge is 2.50. The molecule has 3 aromatic carbocycles. The van der Waals surface area contributed by atoms with E-state index in [1.165, 1.54) is 24.0 Å². The van der Waals surface area contributed by atoms with Crippen molar-refractivity contribution in [1.82, 2.24) is 10.2 Å². The minimum absolute atomic E-state index is 0.178. The van der Waals surface area contributed by atoms with Crippen LogP contribution in [0.2, 0.25) is 0 Å². The number of fused-ring (bicyclic) bond motifs is 5. The van der Waals surface area contributed by atoms with Gasteiger partial charge in [0.2, 0.25) is 5.91 Å². The molecule has 0 spiro atoms. The summed E-state index contributed by atoms with van der Waals surface area (Å²) < 4.78 is 10.9. The molecule has 2 aliphatic heterocycles. The highest BCUT2D eigenvalue weighted by Crippen LogP contribution is 2.49. The second-order valence-corrected chi connectivity index (χ2v) is 8.53. The molecule has 5 rings (SSSR count). The van der Waals surface area contributed by atoms with Crippen molar-refractivity contribution in [3.05, 3.63) is 82.9 Å². The molecule has 0 saturated carbocycles. The topological polar surface area (TPSA) is 108 Å². The predicted octanol–water partition coefficient (Wildman–Crippen LogP) is 2.88. The lowest BCUT2D eigenvalue weighted by Crippen LogP contribution is -2.51. The van der Waals surface area contributed by atoms with Crippen LogP contribution in [0, 0.1) is 0 Å². The van der Waals surface area contributed by atoms with Gasteiger partial charge in [-0.05, 0) is 42.3 Å². The van der Waals surface area contributed by atoms with Gasteiger partial charge in [0.25, 0.3) is 11.8 Å². The molecule has 0 saturated heterocycles. The SMILES string of the molecule is COc1ccc2c(c1OC)C(=O)N1c3ccccc3C(=O)N(CC(=O)NCCc3ccc(O)cc3)[C@H]21. The fraction of sp³-hybridized carbons (Fsp3) is 0.222. The molecule has 0 fully saturated rings. The molecule has 9 heteroatoms. The van der Waals surface area contributed by atoms with Gasteiger partial charge < -0.3 is 24.8 Å². The molecule has 0 bridgehead atoms. The first-order chi connectivity index (χ1) is 17.4. The Morgan fingerprint density at radius 2 is 1.72 bits per heavy atom. The van der Waals surface area contributed by atoms with Crippen LogP contribution in [-0.4, -0.2) is 55.0 Å². The zero-order valence-electron chi connectivity index (χ0n) is 19.9. The van der Waals surface area contributed by atoms with Crippen molar-refractivity contribution >= 4 is 23.4 Å². The van der Waals surface area contributed by atoms with E-state index in [-0.39, 0.29) is 35.8 Å². The third-order valence-electron chi connectivity index (χ3n) is 6.47. The van der Waals surface area contributed by atoms with Crippen LogP contribution in [-0.2, 0) is 11.2 Å². The lowest BCUT2D eigenvalue weighted by Gasteiger charge is -2.40. The number of ether oxygens (including phenoxy) is 2. The van der Waals surface area contributed by atoms with Crippen molar-refractivity contribution in [2.24, 2.45) is 0 Å². The van der Waals surface area contributed by atoms with E-state index in [0.29, 0.717) is 41.1 Å². The summed E-state index contributed by atoms with van der Waals surface area (Å²) in [7, 11) is 2.95. The number of aromatic hydroxyl groups is 1. The number of methoxy groups -OCH3 is 2. The first-order valence-electron chi connectivity index (χ1n) is 11.5. The number of phenols is 1. The van der Waals surface area contributed by atoms with Crippen LogP contribution in [0.15, 0.2) is 60.7 Å². The first-order valence-corrected chi connectivity index (χ1v) is 11.5. The summed E-state index contributed by atoms with van der Waals surface area (Å²) in [6.07, 6.45) is -0.228. The van der Waals surface area contributed by atoms with Crippen LogP contribution in [0.5, 0.6) is 17.2 Å². The second kappa shape index (κ2) is 9.26. The van der Waals surface area contributed by atoms with Crippen molar-refractivity contribution in [2.75, 3.05) is 32.2 Å². The normalized spacial score (nSPS) is 15.8. The van der Waals surface area contributed by atoms with Gasteiger partial charge in [0.15, 0.2) is 11.5 Å². The number of carbonyl (C=O) groups excluding carboxylic acids is 3. The number of nitrogens with one attached hydrogen (secondary N) is 1. The number of rotatable bonds is 7. The molecule has 36 heavy (non-hydrogen) atoms. The molecule has 0 aromatic heterocycles. The zero-order valence-corrected chi connectivity index (χ0v) is 19.9. The minimum atomic E-state index is -0.794. The Morgan fingerprint density at radius 1 is 0.972 bits per heavy atom. The number of anilines is 1. The highest BCUT2D eigenvalue weighted by molar-refractivity contribution is 6.18. The third kappa shape index (κ3) is 3.78. The monoisotopic (exact) mass is 487 g/mol. The summed E-state index contributed by atoms with van der Waals surface area (Å²) >= 11 is 0. The third-order valence-corrected chi connectivity index (χ3v) is 6.47. The van der Waals surface area contributed by atoms with Crippen molar-refractivity contribution < 1.29 is 29.0 Å². The zero-order chi connectivity index (χ0) is 25.4. The minimum Gasteiger partial charge on any atom is -0.508 e. The van der Waals surface area contributed by atoms with Crippen LogP contribution in [0.25, 0.3) is 0 Å². The summed E-state index contributed by atoms with van der Waals surface area (Å²) in [6.45, 7) is 0.127. The number of nitrogens with zero attached hydrogens (tertiary/aromatic N) is 2. The van der Waals surface area contributed by atoms with Crippen LogP contribution in [0.4, 0.5) is 5.69 Å². The van der Waals surface area contributed by atoms with Crippen molar-refractivity contribution in [3.63, 3.8) is 0 Å². The van der Waals surface area contributed by atoms with Crippen LogP contribution < -0.4 is 19.7 Å². The van der Waals surface area contributed by atoms with Gasteiger partial charge in [0.05, 0.1) is 31.0 Å². The molecule has 0 aliphatic carbocycles. The number of hydrogen-bond donors (Lipinski definition) is 2. The van der Waals surface area contributed by atoms with Gasteiger partial charge in [-0.3, -0.25) is 19.3 Å². The maximum atomic E-state index is 13.7. The van der Waals surface area contributed by atoms with E-state index in [9.17, 15) is 19.5 Å². The summed E-state index contributed by atoms with van der Waals surface area (Å²) in [6, 6.07) is 17.0. The predicted molar refractivity (Wildman–Crippen MR) is 131 cm³/mol. The number of amides is 3. The molecule has 2 aliphatic rings. The van der Waals surface area contributed by atoms with E-state index in [0.717, 1.165) is 5.56 Å². The molecule has 2 heterocycles. The van der Waals surface area contributed by atoms with Gasteiger partial charge in [-0.15, -0.1) is 0 Å². The van der Waals surface area contributed by atoms with Gasteiger partial charge in [-0.2, -0.15) is 0 Å². The van der Waals surface area contributed by atoms with Gasteiger partial charge in [-0.25, -0.2) is 0 Å². The number of phenolic OH excluding ortho intramolecular Hbond substituents is 1. The van der Waals surface area contributed by atoms with Crippen molar-refractivity contribution in [2.45, 2.75) is 12.6 Å². The van der Waals surface area contributed by atoms with Gasteiger partial charge >= 0.3 is 0 Å². The van der Waals surface area contributed by atoms with Gasteiger partial charge in [0, 0.05) is 12.1 Å². The highest BCUT2D eigenvalue weighted by atomic mass is 16.5. The molecular formula is C27H25N3O6. The number of benzene rings is 3. The van der Waals surface area contributed by atoms with E-state index in [1.54, 1.807) is 60.7 Å². The van der Waals surface area contributed by atoms with Crippen molar-refractivity contribution in [3.8, 4) is 17.2 Å². The van der Waals surface area contributed by atoms with E-state index >= 15 is 0 Å². The lowest BCUT2D eigenvalue weighted by molar-refractivity contribution is -0.122. The maximum Gasteiger partial charge on any atom is 0.264 e. The molecule has 0 unspecified atom stereocenters. The van der Waals surface area contributed by atoms with E-state index in [2.05, 4.69) is 5.32 Å². The van der Waals surface area contributed by atoms with Gasteiger partial charge in [0.1, 0.15) is 18.5 Å². The smallest absolute Gasteiger partial charge is 0.264 e. The number of carbonyl (C=O) groups is 3.